The van der Waals surface area contributed by atoms with Crippen LogP contribution in [-0.4, -0.2) is 28.2 Å². The molecule has 0 aliphatic heterocycles. The van der Waals surface area contributed by atoms with Crippen LogP contribution in [0.4, 0.5) is 5.69 Å². The van der Waals surface area contributed by atoms with Crippen molar-refractivity contribution in [3.05, 3.63) is 59.9 Å². The van der Waals surface area contributed by atoms with E-state index in [1.54, 1.807) is 12.4 Å². The number of carbonyl (C=O) groups is 2. The fourth-order valence-electron chi connectivity index (χ4n) is 2.32. The highest BCUT2D eigenvalue weighted by molar-refractivity contribution is 5.94. The van der Waals surface area contributed by atoms with Gasteiger partial charge in [0.25, 0.3) is 0 Å². The first-order valence-corrected chi connectivity index (χ1v) is 8.00. The highest BCUT2D eigenvalue weighted by Crippen LogP contribution is 2.17. The summed E-state index contributed by atoms with van der Waals surface area (Å²) in [5, 5.41) is 2.83. The smallest absolute Gasteiger partial charge is 0.244 e. The highest BCUT2D eigenvalue weighted by atomic mass is 16.2. The fraction of sp³-hybridized carbons (Fsp3) is 0.316. The van der Waals surface area contributed by atoms with Crippen LogP contribution in [0.25, 0.3) is 0 Å². The predicted molar refractivity (Wildman–Crippen MR) is 94.5 cm³/mol. The Labute approximate surface area is 142 Å². The van der Waals surface area contributed by atoms with Crippen LogP contribution in [0.3, 0.4) is 0 Å². The van der Waals surface area contributed by atoms with Crippen LogP contribution >= 0.6 is 0 Å². The number of benzene rings is 1. The SMILES string of the molecule is CC(=O)N(CC(=O)Nc1ccc(C(C)C)cc1)Cc1cccnc1. The molecule has 1 aromatic heterocycles. The van der Waals surface area contributed by atoms with Crippen molar-refractivity contribution in [2.24, 2.45) is 0 Å². The molecule has 2 aromatic rings. The van der Waals surface area contributed by atoms with Crippen LogP contribution in [0, 0.1) is 0 Å². The number of rotatable bonds is 6. The quantitative estimate of drug-likeness (QED) is 0.887. The lowest BCUT2D eigenvalue weighted by Gasteiger charge is -2.20. The summed E-state index contributed by atoms with van der Waals surface area (Å²) >= 11 is 0. The molecule has 0 fully saturated rings. The van der Waals surface area contributed by atoms with Crippen molar-refractivity contribution in [1.82, 2.24) is 9.88 Å². The summed E-state index contributed by atoms with van der Waals surface area (Å²) in [6.07, 6.45) is 3.37. The second-order valence-electron chi connectivity index (χ2n) is 6.06. The molecule has 1 aromatic carbocycles. The minimum absolute atomic E-state index is 0.0101. The summed E-state index contributed by atoms with van der Waals surface area (Å²) in [6, 6.07) is 11.5. The van der Waals surface area contributed by atoms with E-state index in [2.05, 4.69) is 24.1 Å². The maximum atomic E-state index is 12.2. The molecular weight excluding hydrogens is 302 g/mol. The van der Waals surface area contributed by atoms with E-state index in [1.807, 2.05) is 36.4 Å². The molecule has 5 nitrogen and oxygen atoms in total. The summed E-state index contributed by atoms with van der Waals surface area (Å²) in [4.78, 5) is 29.5. The molecule has 2 amide bonds. The molecule has 5 heteroatoms. The standard InChI is InChI=1S/C19H23N3O2/c1-14(2)17-6-8-18(9-7-17)21-19(24)13-22(15(3)23)12-16-5-4-10-20-11-16/h4-11,14H,12-13H2,1-3H3,(H,21,24). The number of nitrogens with zero attached hydrogens (tertiary/aromatic N) is 2. The van der Waals surface area contributed by atoms with Gasteiger partial charge in [-0.2, -0.15) is 0 Å². The number of nitrogens with one attached hydrogen (secondary N) is 1. The molecule has 0 aliphatic carbocycles. The summed E-state index contributed by atoms with van der Waals surface area (Å²) in [5.74, 6) is 0.0815. The zero-order chi connectivity index (χ0) is 17.5. The topological polar surface area (TPSA) is 62.3 Å². The average Bonchev–Trinajstić information content (AvgIpc) is 2.55. The van der Waals surface area contributed by atoms with Crippen LogP contribution in [0.5, 0.6) is 0 Å². The number of aromatic nitrogens is 1. The molecule has 0 saturated carbocycles. The molecule has 24 heavy (non-hydrogen) atoms. The summed E-state index contributed by atoms with van der Waals surface area (Å²) in [6.45, 7) is 6.08. The highest BCUT2D eigenvalue weighted by Gasteiger charge is 2.14. The molecule has 0 spiro atoms. The molecule has 2 rings (SSSR count). The van der Waals surface area contributed by atoms with Crippen molar-refractivity contribution in [3.63, 3.8) is 0 Å². The first-order valence-electron chi connectivity index (χ1n) is 8.00. The molecule has 0 bridgehead atoms. The zero-order valence-electron chi connectivity index (χ0n) is 14.3. The maximum Gasteiger partial charge on any atom is 0.244 e. The van der Waals surface area contributed by atoms with Crippen molar-refractivity contribution in [2.75, 3.05) is 11.9 Å². The molecule has 0 atom stereocenters. The van der Waals surface area contributed by atoms with E-state index in [4.69, 9.17) is 0 Å². The lowest BCUT2D eigenvalue weighted by atomic mass is 10.0. The van der Waals surface area contributed by atoms with E-state index in [1.165, 1.54) is 17.4 Å². The van der Waals surface area contributed by atoms with Crippen molar-refractivity contribution in [1.29, 1.82) is 0 Å². The van der Waals surface area contributed by atoms with E-state index in [9.17, 15) is 9.59 Å². The predicted octanol–water partition coefficient (Wildman–Crippen LogP) is 3.19. The van der Waals surface area contributed by atoms with E-state index in [0.717, 1.165) is 11.3 Å². The minimum Gasteiger partial charge on any atom is -0.329 e. The zero-order valence-corrected chi connectivity index (χ0v) is 14.3. The molecule has 0 saturated heterocycles. The van der Waals surface area contributed by atoms with Gasteiger partial charge in [-0.3, -0.25) is 14.6 Å². The maximum absolute atomic E-state index is 12.2. The van der Waals surface area contributed by atoms with Crippen molar-refractivity contribution in [2.45, 2.75) is 33.2 Å². The lowest BCUT2D eigenvalue weighted by Crippen LogP contribution is -2.36. The third-order valence-corrected chi connectivity index (χ3v) is 3.74. The van der Waals surface area contributed by atoms with Crippen LogP contribution in [0.1, 0.15) is 37.8 Å². The third-order valence-electron chi connectivity index (χ3n) is 3.74. The van der Waals surface area contributed by atoms with Gasteiger partial charge in [0.15, 0.2) is 0 Å². The number of carbonyl (C=O) groups excluding carboxylic acids is 2. The average molecular weight is 325 g/mol. The Bertz CT molecular complexity index is 682. The Hall–Kier alpha value is -2.69. The largest absolute Gasteiger partial charge is 0.329 e. The van der Waals surface area contributed by atoms with E-state index in [-0.39, 0.29) is 18.4 Å². The second kappa shape index (κ2) is 8.24. The van der Waals surface area contributed by atoms with E-state index < -0.39 is 0 Å². The van der Waals surface area contributed by atoms with Gasteiger partial charge < -0.3 is 10.2 Å². The Morgan fingerprint density at radius 2 is 1.88 bits per heavy atom. The molecule has 0 radical (unpaired) electrons. The van der Waals surface area contributed by atoms with Crippen LogP contribution in [0.15, 0.2) is 48.8 Å². The second-order valence-corrected chi connectivity index (χ2v) is 6.06. The Kier molecular flexibility index (Phi) is 6.07. The van der Waals surface area contributed by atoms with Gasteiger partial charge >= 0.3 is 0 Å². The molecular formula is C19H23N3O2. The van der Waals surface area contributed by atoms with Crippen LogP contribution in [-0.2, 0) is 16.1 Å². The number of hydrogen-bond donors (Lipinski definition) is 1. The summed E-state index contributed by atoms with van der Waals surface area (Å²) in [5.41, 5.74) is 2.84. The van der Waals surface area contributed by atoms with Crippen LogP contribution < -0.4 is 5.32 Å². The van der Waals surface area contributed by atoms with Gasteiger partial charge in [0.1, 0.15) is 6.54 Å². The van der Waals surface area contributed by atoms with Gasteiger partial charge in [-0.1, -0.05) is 32.0 Å². The van der Waals surface area contributed by atoms with Gasteiger partial charge in [0.2, 0.25) is 11.8 Å². The summed E-state index contributed by atoms with van der Waals surface area (Å²) < 4.78 is 0. The number of amides is 2. The molecule has 0 aliphatic rings. The first-order chi connectivity index (χ1) is 11.5. The van der Waals surface area contributed by atoms with Crippen molar-refractivity contribution in [3.8, 4) is 0 Å². The van der Waals surface area contributed by atoms with Gasteiger partial charge in [-0.25, -0.2) is 0 Å². The van der Waals surface area contributed by atoms with E-state index in [0.29, 0.717) is 12.5 Å². The molecule has 1 heterocycles. The monoisotopic (exact) mass is 325 g/mol. The van der Waals surface area contributed by atoms with Crippen molar-refractivity contribution >= 4 is 17.5 Å². The number of pyridine rings is 1. The minimum atomic E-state index is -0.216. The fourth-order valence-corrected chi connectivity index (χ4v) is 2.32. The van der Waals surface area contributed by atoms with Crippen molar-refractivity contribution < 1.29 is 9.59 Å². The number of anilines is 1. The Morgan fingerprint density at radius 1 is 1.17 bits per heavy atom. The lowest BCUT2D eigenvalue weighted by molar-refractivity contribution is -0.133. The summed E-state index contributed by atoms with van der Waals surface area (Å²) in [7, 11) is 0. The Morgan fingerprint density at radius 3 is 2.42 bits per heavy atom. The van der Waals surface area contributed by atoms with Gasteiger partial charge in [-0.05, 0) is 35.2 Å². The van der Waals surface area contributed by atoms with Gasteiger partial charge in [0, 0.05) is 31.5 Å². The molecule has 126 valence electrons. The van der Waals surface area contributed by atoms with E-state index >= 15 is 0 Å². The molecule has 0 unspecified atom stereocenters. The number of hydrogen-bond acceptors (Lipinski definition) is 3. The van der Waals surface area contributed by atoms with Crippen LogP contribution in [0.2, 0.25) is 0 Å². The molecule has 1 N–H and O–H groups in total. The van der Waals surface area contributed by atoms with Gasteiger partial charge in [-0.15, -0.1) is 0 Å². The normalized spacial score (nSPS) is 10.5. The Balaban J connectivity index is 1.96. The third kappa shape index (κ3) is 5.19. The first kappa shape index (κ1) is 17.7. The van der Waals surface area contributed by atoms with Gasteiger partial charge in [0.05, 0.1) is 0 Å².